The summed E-state index contributed by atoms with van der Waals surface area (Å²) in [6.07, 6.45) is 0.479. The van der Waals surface area contributed by atoms with Gasteiger partial charge in [0.2, 0.25) is 11.8 Å². The quantitative estimate of drug-likeness (QED) is 0.823. The van der Waals surface area contributed by atoms with E-state index in [1.165, 1.54) is 26.4 Å². The van der Waals surface area contributed by atoms with Gasteiger partial charge >= 0.3 is 0 Å². The van der Waals surface area contributed by atoms with E-state index in [-0.39, 0.29) is 23.3 Å². The predicted molar refractivity (Wildman–Crippen MR) is 86.5 cm³/mol. The first kappa shape index (κ1) is 16.9. The van der Waals surface area contributed by atoms with Crippen molar-refractivity contribution in [2.24, 2.45) is 0 Å². The molecule has 1 aromatic carbocycles. The zero-order valence-electron chi connectivity index (χ0n) is 13.9. The second kappa shape index (κ2) is 7.33. The maximum Gasteiger partial charge on any atom is 0.254 e. The molecule has 1 amide bonds. The SMILES string of the molecule is COc1ccc(OC2CCN(C(=O)c3ccc(OC)c(F)c3)C2)nn1. The number of benzene rings is 1. The monoisotopic (exact) mass is 347 g/mol. The number of carbonyl (C=O) groups is 1. The Morgan fingerprint density at radius 1 is 1.16 bits per heavy atom. The number of hydrogen-bond donors (Lipinski definition) is 0. The number of aromatic nitrogens is 2. The van der Waals surface area contributed by atoms with Gasteiger partial charge < -0.3 is 19.1 Å². The summed E-state index contributed by atoms with van der Waals surface area (Å²) in [5.74, 6) is 0.0762. The zero-order valence-corrected chi connectivity index (χ0v) is 13.9. The van der Waals surface area contributed by atoms with Crippen molar-refractivity contribution < 1.29 is 23.4 Å². The Labute approximate surface area is 144 Å². The van der Waals surface area contributed by atoms with E-state index in [2.05, 4.69) is 10.2 Å². The van der Waals surface area contributed by atoms with Crippen molar-refractivity contribution in [3.8, 4) is 17.5 Å². The van der Waals surface area contributed by atoms with Crippen LogP contribution in [0.2, 0.25) is 0 Å². The van der Waals surface area contributed by atoms with E-state index in [1.807, 2.05) is 0 Å². The molecular formula is C17H18FN3O4. The van der Waals surface area contributed by atoms with E-state index in [9.17, 15) is 9.18 Å². The molecule has 1 unspecified atom stereocenters. The van der Waals surface area contributed by atoms with Gasteiger partial charge in [0, 0.05) is 30.7 Å². The van der Waals surface area contributed by atoms with Crippen LogP contribution in [-0.2, 0) is 0 Å². The van der Waals surface area contributed by atoms with Crippen LogP contribution in [0.4, 0.5) is 4.39 Å². The van der Waals surface area contributed by atoms with Crippen LogP contribution >= 0.6 is 0 Å². The number of methoxy groups -OCH3 is 2. The summed E-state index contributed by atoms with van der Waals surface area (Å²) in [6, 6.07) is 7.49. The van der Waals surface area contributed by atoms with Gasteiger partial charge in [0.05, 0.1) is 20.8 Å². The van der Waals surface area contributed by atoms with Crippen molar-refractivity contribution in [2.45, 2.75) is 12.5 Å². The van der Waals surface area contributed by atoms with Crippen molar-refractivity contribution in [2.75, 3.05) is 27.3 Å². The van der Waals surface area contributed by atoms with Gasteiger partial charge in [0.15, 0.2) is 11.6 Å². The van der Waals surface area contributed by atoms with Gasteiger partial charge in [-0.05, 0) is 18.2 Å². The van der Waals surface area contributed by atoms with Gasteiger partial charge in [-0.2, -0.15) is 0 Å². The Morgan fingerprint density at radius 2 is 1.92 bits per heavy atom. The highest BCUT2D eigenvalue weighted by Gasteiger charge is 2.29. The fourth-order valence-corrected chi connectivity index (χ4v) is 2.64. The lowest BCUT2D eigenvalue weighted by molar-refractivity contribution is 0.0770. The molecule has 0 saturated carbocycles. The second-order valence-electron chi connectivity index (χ2n) is 5.54. The molecule has 8 heteroatoms. The number of ether oxygens (including phenoxy) is 3. The third-order valence-corrected chi connectivity index (χ3v) is 3.94. The summed E-state index contributed by atoms with van der Waals surface area (Å²) in [7, 11) is 2.89. The first-order valence-electron chi connectivity index (χ1n) is 7.78. The maximum atomic E-state index is 13.8. The first-order chi connectivity index (χ1) is 12.1. The summed E-state index contributed by atoms with van der Waals surface area (Å²) < 4.78 is 29.3. The Hall–Kier alpha value is -2.90. The molecule has 2 heterocycles. The molecule has 25 heavy (non-hydrogen) atoms. The smallest absolute Gasteiger partial charge is 0.254 e. The molecular weight excluding hydrogens is 329 g/mol. The Bertz CT molecular complexity index is 754. The molecule has 7 nitrogen and oxygen atoms in total. The van der Waals surface area contributed by atoms with Gasteiger partial charge in [-0.1, -0.05) is 0 Å². The van der Waals surface area contributed by atoms with Crippen LogP contribution in [0.5, 0.6) is 17.5 Å². The summed E-state index contributed by atoms with van der Waals surface area (Å²) in [5, 5.41) is 7.74. The van der Waals surface area contributed by atoms with Crippen LogP contribution in [0.15, 0.2) is 30.3 Å². The van der Waals surface area contributed by atoms with Crippen molar-refractivity contribution in [3.05, 3.63) is 41.7 Å². The number of likely N-dealkylation sites (tertiary alicyclic amines) is 1. The van der Waals surface area contributed by atoms with Crippen LogP contribution in [0.1, 0.15) is 16.8 Å². The molecule has 0 radical (unpaired) electrons. The van der Waals surface area contributed by atoms with Crippen molar-refractivity contribution in [1.29, 1.82) is 0 Å². The van der Waals surface area contributed by atoms with Crippen molar-refractivity contribution in [3.63, 3.8) is 0 Å². The molecule has 1 aliphatic rings. The predicted octanol–water partition coefficient (Wildman–Crippen LogP) is 1.93. The molecule has 0 spiro atoms. The number of hydrogen-bond acceptors (Lipinski definition) is 6. The fourth-order valence-electron chi connectivity index (χ4n) is 2.64. The highest BCUT2D eigenvalue weighted by atomic mass is 19.1. The molecule has 3 rings (SSSR count). The lowest BCUT2D eigenvalue weighted by Gasteiger charge is -2.17. The van der Waals surface area contributed by atoms with Crippen molar-refractivity contribution >= 4 is 5.91 Å². The number of carbonyl (C=O) groups excluding carboxylic acids is 1. The van der Waals surface area contributed by atoms with Gasteiger partial charge in [0.1, 0.15) is 6.10 Å². The van der Waals surface area contributed by atoms with Gasteiger partial charge in [-0.25, -0.2) is 4.39 Å². The van der Waals surface area contributed by atoms with Crippen LogP contribution in [-0.4, -0.2) is 54.4 Å². The summed E-state index contributed by atoms with van der Waals surface area (Å²) in [5.41, 5.74) is 0.281. The van der Waals surface area contributed by atoms with E-state index in [4.69, 9.17) is 14.2 Å². The van der Waals surface area contributed by atoms with Crippen LogP contribution in [0.25, 0.3) is 0 Å². The summed E-state index contributed by atoms with van der Waals surface area (Å²) in [4.78, 5) is 14.1. The first-order valence-corrected chi connectivity index (χ1v) is 7.78. The maximum absolute atomic E-state index is 13.8. The Kier molecular flexibility index (Phi) is 4.97. The minimum absolute atomic E-state index is 0.109. The molecule has 2 aromatic rings. The number of amides is 1. The molecule has 1 saturated heterocycles. The molecule has 0 N–H and O–H groups in total. The van der Waals surface area contributed by atoms with E-state index in [0.29, 0.717) is 31.3 Å². The van der Waals surface area contributed by atoms with E-state index < -0.39 is 5.82 Å². The zero-order chi connectivity index (χ0) is 17.8. The Morgan fingerprint density at radius 3 is 2.56 bits per heavy atom. The molecule has 1 aliphatic heterocycles. The fraction of sp³-hybridized carbons (Fsp3) is 0.353. The molecule has 1 fully saturated rings. The second-order valence-corrected chi connectivity index (χ2v) is 5.54. The molecule has 1 atom stereocenters. The topological polar surface area (TPSA) is 73.8 Å². The standard InChI is InChI=1S/C17H18FN3O4/c1-23-14-4-3-11(9-13(14)18)17(22)21-8-7-12(10-21)25-16-6-5-15(24-2)19-20-16/h3-6,9,12H,7-8,10H2,1-2H3. The molecule has 132 valence electrons. The Balaban J connectivity index is 1.61. The third kappa shape index (κ3) is 3.78. The van der Waals surface area contributed by atoms with Gasteiger partial charge in [-0.3, -0.25) is 4.79 Å². The average molecular weight is 347 g/mol. The number of rotatable bonds is 5. The highest BCUT2D eigenvalue weighted by molar-refractivity contribution is 5.94. The summed E-state index contributed by atoms with van der Waals surface area (Å²) >= 11 is 0. The van der Waals surface area contributed by atoms with Gasteiger partial charge in [0.25, 0.3) is 5.91 Å². The van der Waals surface area contributed by atoms with Crippen LogP contribution in [0.3, 0.4) is 0 Å². The van der Waals surface area contributed by atoms with Gasteiger partial charge in [-0.15, -0.1) is 10.2 Å². The van der Waals surface area contributed by atoms with E-state index >= 15 is 0 Å². The lowest BCUT2D eigenvalue weighted by Crippen LogP contribution is -2.31. The normalized spacial score (nSPS) is 16.6. The van der Waals surface area contributed by atoms with E-state index in [1.54, 1.807) is 23.1 Å². The van der Waals surface area contributed by atoms with Crippen molar-refractivity contribution in [1.82, 2.24) is 15.1 Å². The highest BCUT2D eigenvalue weighted by Crippen LogP contribution is 2.22. The largest absolute Gasteiger partial charge is 0.494 e. The molecule has 0 aliphatic carbocycles. The number of halogens is 1. The van der Waals surface area contributed by atoms with Crippen LogP contribution in [0, 0.1) is 5.82 Å². The third-order valence-electron chi connectivity index (χ3n) is 3.94. The average Bonchev–Trinajstić information content (AvgIpc) is 3.10. The molecule has 1 aromatic heterocycles. The lowest BCUT2D eigenvalue weighted by atomic mass is 10.2. The number of nitrogens with zero attached hydrogens (tertiary/aromatic N) is 3. The summed E-state index contributed by atoms with van der Waals surface area (Å²) in [6.45, 7) is 0.931. The minimum Gasteiger partial charge on any atom is -0.494 e. The van der Waals surface area contributed by atoms with Crippen LogP contribution < -0.4 is 14.2 Å². The van der Waals surface area contributed by atoms with E-state index in [0.717, 1.165) is 0 Å². The molecule has 0 bridgehead atoms. The minimum atomic E-state index is -0.561.